The fourth-order valence-electron chi connectivity index (χ4n) is 4.78. The average molecular weight is 204 g/mol. The van der Waals surface area contributed by atoms with Gasteiger partial charge in [0, 0.05) is 0 Å². The van der Waals surface area contributed by atoms with Gasteiger partial charge in [-0.15, -0.1) is 0 Å². The van der Waals surface area contributed by atoms with Crippen LogP contribution in [0.15, 0.2) is 11.6 Å². The molecule has 0 aromatic carbocycles. The molecule has 82 valence electrons. The summed E-state index contributed by atoms with van der Waals surface area (Å²) < 4.78 is 0. The summed E-state index contributed by atoms with van der Waals surface area (Å²) in [4.78, 5) is 10.5. The number of aldehydes is 1. The van der Waals surface area contributed by atoms with E-state index < -0.39 is 0 Å². The van der Waals surface area contributed by atoms with Gasteiger partial charge in [0.1, 0.15) is 6.29 Å². The fourth-order valence-corrected chi connectivity index (χ4v) is 4.78. The zero-order valence-electron chi connectivity index (χ0n) is 9.70. The van der Waals surface area contributed by atoms with Crippen molar-refractivity contribution >= 4 is 6.29 Å². The van der Waals surface area contributed by atoms with E-state index in [-0.39, 0.29) is 0 Å². The molecule has 4 fully saturated rings. The van der Waals surface area contributed by atoms with Crippen LogP contribution in [0.5, 0.6) is 0 Å². The molecule has 0 aromatic heterocycles. The molecule has 0 radical (unpaired) electrons. The minimum atomic E-state index is 0.730. The second-order valence-electron chi connectivity index (χ2n) is 6.06. The molecular weight excluding hydrogens is 184 g/mol. The van der Waals surface area contributed by atoms with Crippen LogP contribution in [0.3, 0.4) is 0 Å². The van der Waals surface area contributed by atoms with Gasteiger partial charge in [-0.1, -0.05) is 13.0 Å². The van der Waals surface area contributed by atoms with Gasteiger partial charge in [-0.05, 0) is 67.3 Å². The van der Waals surface area contributed by atoms with Crippen molar-refractivity contribution in [1.82, 2.24) is 0 Å². The molecule has 15 heavy (non-hydrogen) atoms. The van der Waals surface area contributed by atoms with E-state index in [0.29, 0.717) is 0 Å². The summed E-state index contributed by atoms with van der Waals surface area (Å²) in [5, 5.41) is 0. The van der Waals surface area contributed by atoms with Crippen LogP contribution >= 0.6 is 0 Å². The van der Waals surface area contributed by atoms with E-state index >= 15 is 0 Å². The number of carbonyl (C=O) groups excluding carboxylic acids is 1. The molecule has 0 aliphatic heterocycles. The highest BCUT2D eigenvalue weighted by atomic mass is 16.1. The van der Waals surface area contributed by atoms with Crippen molar-refractivity contribution in [2.24, 2.45) is 29.1 Å². The van der Waals surface area contributed by atoms with Crippen molar-refractivity contribution in [3.8, 4) is 0 Å². The number of hydrogen-bond acceptors (Lipinski definition) is 1. The smallest absolute Gasteiger partial charge is 0.145 e. The van der Waals surface area contributed by atoms with Gasteiger partial charge in [0.25, 0.3) is 0 Å². The Balaban J connectivity index is 1.60. The first kappa shape index (κ1) is 9.62. The molecule has 4 rings (SSSR count). The summed E-state index contributed by atoms with van der Waals surface area (Å²) in [7, 11) is 0. The van der Waals surface area contributed by atoms with E-state index in [0.717, 1.165) is 47.4 Å². The molecule has 0 saturated heterocycles. The minimum Gasteiger partial charge on any atom is -0.298 e. The zero-order chi connectivity index (χ0) is 10.6. The second kappa shape index (κ2) is 2.96. The Bertz CT molecular complexity index is 316. The summed E-state index contributed by atoms with van der Waals surface area (Å²) in [6, 6.07) is 0. The largest absolute Gasteiger partial charge is 0.298 e. The zero-order valence-corrected chi connectivity index (χ0v) is 9.70. The molecule has 1 heteroatoms. The number of carbonyl (C=O) groups is 1. The van der Waals surface area contributed by atoms with Crippen LogP contribution in [0.4, 0.5) is 0 Å². The second-order valence-corrected chi connectivity index (χ2v) is 6.06. The van der Waals surface area contributed by atoms with E-state index in [1.807, 2.05) is 6.92 Å². The third-order valence-corrected chi connectivity index (χ3v) is 5.59. The standard InChI is InChI=1S/C14H20O/c1-9(8-15)4-3-5-11-10-6-12-13(7-10)14(11,12)2/h4,8,10-13H,3,5-7H2,1-2H3/b9-4+/t10?,11-,12?,13?,14?/m1/s1. The first-order valence-electron chi connectivity index (χ1n) is 6.30. The quantitative estimate of drug-likeness (QED) is 0.507. The topological polar surface area (TPSA) is 17.1 Å². The molecule has 2 unspecified atom stereocenters. The van der Waals surface area contributed by atoms with E-state index in [1.165, 1.54) is 19.3 Å². The van der Waals surface area contributed by atoms with E-state index in [1.54, 1.807) is 0 Å². The molecule has 4 saturated carbocycles. The van der Waals surface area contributed by atoms with Crippen LogP contribution in [0, 0.1) is 29.1 Å². The molecule has 0 spiro atoms. The molecule has 1 nitrogen and oxygen atoms in total. The lowest BCUT2D eigenvalue weighted by Crippen LogP contribution is -2.11. The highest BCUT2D eigenvalue weighted by Gasteiger charge is 2.75. The summed E-state index contributed by atoms with van der Waals surface area (Å²) in [6.45, 7) is 4.42. The third-order valence-electron chi connectivity index (χ3n) is 5.59. The molecule has 3 atom stereocenters. The van der Waals surface area contributed by atoms with E-state index in [4.69, 9.17) is 0 Å². The van der Waals surface area contributed by atoms with Gasteiger partial charge >= 0.3 is 0 Å². The minimum absolute atomic E-state index is 0.730. The molecule has 4 aliphatic rings. The molecule has 0 heterocycles. The van der Waals surface area contributed by atoms with Crippen LogP contribution < -0.4 is 0 Å². The van der Waals surface area contributed by atoms with Crippen LogP contribution in [0.25, 0.3) is 0 Å². The lowest BCUT2D eigenvalue weighted by Gasteiger charge is -2.19. The molecule has 0 amide bonds. The van der Waals surface area contributed by atoms with E-state index in [9.17, 15) is 4.79 Å². The maximum Gasteiger partial charge on any atom is 0.145 e. The Morgan fingerprint density at radius 3 is 2.53 bits per heavy atom. The molecular formula is C14H20O. The number of allylic oxidation sites excluding steroid dienone is 2. The van der Waals surface area contributed by atoms with Crippen LogP contribution in [0.1, 0.15) is 39.5 Å². The summed E-state index contributed by atoms with van der Waals surface area (Å²) >= 11 is 0. The van der Waals surface area contributed by atoms with Crippen LogP contribution in [-0.2, 0) is 4.79 Å². The van der Waals surface area contributed by atoms with Crippen molar-refractivity contribution < 1.29 is 4.79 Å². The Morgan fingerprint density at radius 2 is 2.07 bits per heavy atom. The fraction of sp³-hybridized carbons (Fsp3) is 0.786. The van der Waals surface area contributed by atoms with Crippen LogP contribution in [-0.4, -0.2) is 6.29 Å². The van der Waals surface area contributed by atoms with Crippen molar-refractivity contribution in [1.29, 1.82) is 0 Å². The summed E-state index contributed by atoms with van der Waals surface area (Å²) in [5.74, 6) is 4.19. The summed E-state index contributed by atoms with van der Waals surface area (Å²) in [6.07, 6.45) is 8.55. The van der Waals surface area contributed by atoms with Crippen LogP contribution in [0.2, 0.25) is 0 Å². The van der Waals surface area contributed by atoms with E-state index in [2.05, 4.69) is 13.0 Å². The third kappa shape index (κ3) is 1.12. The highest BCUT2D eigenvalue weighted by Crippen LogP contribution is 2.82. The Hall–Kier alpha value is -0.590. The average Bonchev–Trinajstić information content (AvgIpc) is 2.67. The SMILES string of the molecule is C/C(C=O)=C\CC[C@@H]1C2CC3C(C2)C31C. The highest BCUT2D eigenvalue weighted by molar-refractivity contribution is 5.71. The number of hydrogen-bond donors (Lipinski definition) is 0. The maximum atomic E-state index is 10.5. The van der Waals surface area contributed by atoms with Crippen molar-refractivity contribution in [3.05, 3.63) is 11.6 Å². The molecule has 4 aliphatic carbocycles. The van der Waals surface area contributed by atoms with Crippen molar-refractivity contribution in [3.63, 3.8) is 0 Å². The molecule has 0 aromatic rings. The molecule has 4 bridgehead atoms. The Kier molecular flexibility index (Phi) is 1.90. The number of rotatable bonds is 4. The van der Waals surface area contributed by atoms with Gasteiger partial charge in [0.15, 0.2) is 0 Å². The van der Waals surface area contributed by atoms with Crippen molar-refractivity contribution in [2.45, 2.75) is 39.5 Å². The first-order chi connectivity index (χ1) is 7.17. The summed E-state index contributed by atoms with van der Waals surface area (Å²) in [5.41, 5.74) is 1.63. The lowest BCUT2D eigenvalue weighted by atomic mass is 9.86. The normalized spacial score (nSPS) is 50.9. The Labute approximate surface area is 91.9 Å². The first-order valence-corrected chi connectivity index (χ1v) is 6.30. The van der Waals surface area contributed by atoms with Crippen molar-refractivity contribution in [2.75, 3.05) is 0 Å². The monoisotopic (exact) mass is 204 g/mol. The Morgan fingerprint density at radius 1 is 1.40 bits per heavy atom. The maximum absolute atomic E-state index is 10.5. The predicted octanol–water partition coefficient (Wildman–Crippen LogP) is 3.20. The lowest BCUT2D eigenvalue weighted by molar-refractivity contribution is -0.104. The van der Waals surface area contributed by atoms with Gasteiger partial charge < -0.3 is 0 Å². The van der Waals surface area contributed by atoms with Gasteiger partial charge in [-0.3, -0.25) is 4.79 Å². The van der Waals surface area contributed by atoms with Gasteiger partial charge in [0.2, 0.25) is 0 Å². The van der Waals surface area contributed by atoms with Gasteiger partial charge in [-0.2, -0.15) is 0 Å². The van der Waals surface area contributed by atoms with Gasteiger partial charge in [0.05, 0.1) is 0 Å². The predicted molar refractivity (Wildman–Crippen MR) is 60.4 cm³/mol. The van der Waals surface area contributed by atoms with Gasteiger partial charge in [-0.25, -0.2) is 0 Å². The molecule has 0 N–H and O–H groups in total.